The molecule has 0 bridgehead atoms. The first-order valence-corrected chi connectivity index (χ1v) is 7.02. The lowest BCUT2D eigenvalue weighted by atomic mass is 10.2. The van der Waals surface area contributed by atoms with E-state index in [1.807, 2.05) is 51.1 Å². The van der Waals surface area contributed by atoms with E-state index in [1.165, 1.54) is 5.56 Å². The van der Waals surface area contributed by atoms with E-state index in [4.69, 9.17) is 4.74 Å². The summed E-state index contributed by atoms with van der Waals surface area (Å²) >= 11 is 0. The highest BCUT2D eigenvalue weighted by atomic mass is 16.5. The molecule has 0 aliphatic rings. The molecule has 1 aromatic heterocycles. The smallest absolute Gasteiger partial charge is 0.120 e. The summed E-state index contributed by atoms with van der Waals surface area (Å²) in [5.74, 6) is 0.924. The highest BCUT2D eigenvalue weighted by Crippen LogP contribution is 2.14. The second-order valence-corrected chi connectivity index (χ2v) is 5.19. The second kappa shape index (κ2) is 7.06. The van der Waals surface area contributed by atoms with Crippen molar-refractivity contribution in [2.24, 2.45) is 0 Å². The van der Waals surface area contributed by atoms with Crippen LogP contribution in [-0.2, 0) is 13.1 Å². The average Bonchev–Trinajstić information content (AvgIpc) is 2.38. The van der Waals surface area contributed by atoms with Gasteiger partial charge in [0.15, 0.2) is 0 Å². The van der Waals surface area contributed by atoms with Crippen molar-refractivity contribution in [1.29, 1.82) is 0 Å². The number of nitrogens with one attached hydrogen (secondary N) is 1. The van der Waals surface area contributed by atoms with Crippen molar-refractivity contribution < 1.29 is 4.74 Å². The fourth-order valence-corrected chi connectivity index (χ4v) is 2.03. The normalized spacial score (nSPS) is 10.8. The molecule has 1 aromatic carbocycles. The Morgan fingerprint density at radius 3 is 2.65 bits per heavy atom. The van der Waals surface area contributed by atoms with E-state index in [2.05, 4.69) is 22.4 Å². The lowest BCUT2D eigenvalue weighted by Crippen LogP contribution is -2.14. The zero-order valence-corrected chi connectivity index (χ0v) is 12.4. The molecule has 0 saturated carbocycles. The summed E-state index contributed by atoms with van der Waals surface area (Å²) in [7, 11) is 0. The van der Waals surface area contributed by atoms with E-state index in [0.29, 0.717) is 0 Å². The maximum atomic E-state index is 5.70. The van der Waals surface area contributed by atoms with Gasteiger partial charge in [0, 0.05) is 18.8 Å². The second-order valence-electron chi connectivity index (χ2n) is 5.19. The Kier molecular flexibility index (Phi) is 5.13. The van der Waals surface area contributed by atoms with Gasteiger partial charge in [0.25, 0.3) is 0 Å². The van der Waals surface area contributed by atoms with Gasteiger partial charge in [-0.15, -0.1) is 0 Å². The van der Waals surface area contributed by atoms with Gasteiger partial charge in [-0.05, 0) is 50.6 Å². The van der Waals surface area contributed by atoms with Crippen LogP contribution in [0.2, 0.25) is 0 Å². The van der Waals surface area contributed by atoms with Gasteiger partial charge in [0.2, 0.25) is 0 Å². The molecule has 1 N–H and O–H groups in total. The maximum absolute atomic E-state index is 5.70. The van der Waals surface area contributed by atoms with Crippen molar-refractivity contribution in [3.8, 4) is 5.75 Å². The number of benzene rings is 1. The summed E-state index contributed by atoms with van der Waals surface area (Å²) in [4.78, 5) is 4.47. The molecule has 0 radical (unpaired) electrons. The van der Waals surface area contributed by atoms with Crippen molar-refractivity contribution in [2.75, 3.05) is 0 Å². The van der Waals surface area contributed by atoms with Crippen LogP contribution < -0.4 is 10.1 Å². The van der Waals surface area contributed by atoms with Gasteiger partial charge >= 0.3 is 0 Å². The third-order valence-electron chi connectivity index (χ3n) is 2.85. The summed E-state index contributed by atoms with van der Waals surface area (Å²) < 4.78 is 5.70. The van der Waals surface area contributed by atoms with Crippen LogP contribution in [0, 0.1) is 6.92 Å². The molecule has 106 valence electrons. The minimum Gasteiger partial charge on any atom is -0.491 e. The van der Waals surface area contributed by atoms with Gasteiger partial charge in [-0.25, -0.2) is 0 Å². The summed E-state index contributed by atoms with van der Waals surface area (Å²) in [6.45, 7) is 7.67. The van der Waals surface area contributed by atoms with Crippen LogP contribution in [0.3, 0.4) is 0 Å². The van der Waals surface area contributed by atoms with Crippen LogP contribution >= 0.6 is 0 Å². The zero-order valence-electron chi connectivity index (χ0n) is 12.4. The largest absolute Gasteiger partial charge is 0.491 e. The topological polar surface area (TPSA) is 34.1 Å². The van der Waals surface area contributed by atoms with Crippen molar-refractivity contribution >= 4 is 0 Å². The molecule has 0 spiro atoms. The van der Waals surface area contributed by atoms with Gasteiger partial charge in [0.05, 0.1) is 11.8 Å². The fraction of sp³-hybridized carbons (Fsp3) is 0.353. The van der Waals surface area contributed by atoms with E-state index < -0.39 is 0 Å². The molecule has 2 aromatic rings. The van der Waals surface area contributed by atoms with Crippen molar-refractivity contribution in [3.63, 3.8) is 0 Å². The Bertz CT molecular complexity index is 552. The van der Waals surface area contributed by atoms with E-state index >= 15 is 0 Å². The number of nitrogens with zero attached hydrogens (tertiary/aromatic N) is 1. The van der Waals surface area contributed by atoms with E-state index in [-0.39, 0.29) is 6.10 Å². The number of aromatic nitrogens is 1. The highest BCUT2D eigenvalue weighted by Gasteiger charge is 2.00. The molecular weight excluding hydrogens is 248 g/mol. The molecule has 3 heteroatoms. The fourth-order valence-electron chi connectivity index (χ4n) is 2.03. The van der Waals surface area contributed by atoms with Gasteiger partial charge in [0.1, 0.15) is 5.75 Å². The van der Waals surface area contributed by atoms with Crippen molar-refractivity contribution in [2.45, 2.75) is 40.0 Å². The van der Waals surface area contributed by atoms with E-state index in [1.54, 1.807) is 0 Å². The molecule has 20 heavy (non-hydrogen) atoms. The Balaban J connectivity index is 1.87. The van der Waals surface area contributed by atoms with Crippen LogP contribution in [0.15, 0.2) is 42.5 Å². The van der Waals surface area contributed by atoms with Gasteiger partial charge < -0.3 is 10.1 Å². The summed E-state index contributed by atoms with van der Waals surface area (Å²) in [5.41, 5.74) is 3.34. The Hall–Kier alpha value is -1.87. The quantitative estimate of drug-likeness (QED) is 0.872. The molecule has 0 fully saturated rings. The minimum absolute atomic E-state index is 0.203. The van der Waals surface area contributed by atoms with E-state index in [9.17, 15) is 0 Å². The number of rotatable bonds is 6. The minimum atomic E-state index is 0.203. The molecule has 0 saturated heterocycles. The van der Waals surface area contributed by atoms with Crippen LogP contribution in [-0.4, -0.2) is 11.1 Å². The van der Waals surface area contributed by atoms with Crippen LogP contribution in [0.4, 0.5) is 0 Å². The van der Waals surface area contributed by atoms with Gasteiger partial charge in [-0.2, -0.15) is 0 Å². The Labute approximate surface area is 121 Å². The predicted octanol–water partition coefficient (Wildman–Crippen LogP) is 3.47. The standard InChI is InChI=1S/C17H22N2O/c1-13(2)20-17-9-5-7-15(10-17)11-18-12-16-8-4-6-14(3)19-16/h4-10,13,18H,11-12H2,1-3H3. The first-order valence-electron chi connectivity index (χ1n) is 7.02. The van der Waals surface area contributed by atoms with Crippen molar-refractivity contribution in [3.05, 3.63) is 59.4 Å². The first kappa shape index (κ1) is 14.5. The number of pyridine rings is 1. The highest BCUT2D eigenvalue weighted by molar-refractivity contribution is 5.28. The number of aryl methyl sites for hydroxylation is 1. The lowest BCUT2D eigenvalue weighted by Gasteiger charge is -2.11. The monoisotopic (exact) mass is 270 g/mol. The Morgan fingerprint density at radius 1 is 1.10 bits per heavy atom. The number of hydrogen-bond donors (Lipinski definition) is 1. The molecule has 0 unspecified atom stereocenters. The summed E-state index contributed by atoms with van der Waals surface area (Å²) in [5, 5.41) is 3.41. The van der Waals surface area contributed by atoms with Crippen LogP contribution in [0.25, 0.3) is 0 Å². The molecule has 0 amide bonds. The number of ether oxygens (including phenoxy) is 1. The van der Waals surface area contributed by atoms with Gasteiger partial charge in [-0.3, -0.25) is 4.98 Å². The zero-order chi connectivity index (χ0) is 14.4. The molecule has 0 atom stereocenters. The van der Waals surface area contributed by atoms with Crippen LogP contribution in [0.1, 0.15) is 30.8 Å². The predicted molar refractivity (Wildman–Crippen MR) is 81.7 cm³/mol. The third-order valence-corrected chi connectivity index (χ3v) is 2.85. The molecule has 0 aliphatic carbocycles. The number of hydrogen-bond acceptors (Lipinski definition) is 3. The third kappa shape index (κ3) is 4.67. The molecule has 0 aliphatic heterocycles. The summed E-state index contributed by atoms with van der Waals surface area (Å²) in [6, 6.07) is 14.3. The van der Waals surface area contributed by atoms with E-state index in [0.717, 1.165) is 30.2 Å². The van der Waals surface area contributed by atoms with Crippen LogP contribution in [0.5, 0.6) is 5.75 Å². The molecular formula is C17H22N2O. The molecule has 2 rings (SSSR count). The maximum Gasteiger partial charge on any atom is 0.120 e. The molecule has 1 heterocycles. The average molecular weight is 270 g/mol. The SMILES string of the molecule is Cc1cccc(CNCc2cccc(OC(C)C)c2)n1. The first-order chi connectivity index (χ1) is 9.63. The molecule has 3 nitrogen and oxygen atoms in total. The lowest BCUT2D eigenvalue weighted by molar-refractivity contribution is 0.242. The Morgan fingerprint density at radius 2 is 1.90 bits per heavy atom. The van der Waals surface area contributed by atoms with Gasteiger partial charge in [-0.1, -0.05) is 18.2 Å². The van der Waals surface area contributed by atoms with Crippen molar-refractivity contribution in [1.82, 2.24) is 10.3 Å². The summed E-state index contributed by atoms with van der Waals surface area (Å²) in [6.07, 6.45) is 0.203.